The van der Waals surface area contributed by atoms with Crippen molar-refractivity contribution in [1.82, 2.24) is 19.5 Å². The Morgan fingerprint density at radius 3 is 1.33 bits per heavy atom. The number of hydrogen-bond donors (Lipinski definition) is 0. The Hall–Kier alpha value is -8.99. The van der Waals surface area contributed by atoms with Crippen LogP contribution in [-0.4, -0.2) is 19.5 Å². The molecule has 0 aliphatic heterocycles. The second-order valence-electron chi connectivity index (χ2n) is 16.5. The molecule has 67 heavy (non-hydrogen) atoms. The molecule has 0 atom stereocenters. The molecule has 0 spiro atoms. The summed E-state index contributed by atoms with van der Waals surface area (Å²) in [5.41, 5.74) is 14.6. The third-order valence-corrected chi connectivity index (χ3v) is 12.4. The monoisotopic (exact) mass is 858 g/mol. The van der Waals surface area contributed by atoms with Gasteiger partial charge in [-0.2, -0.15) is 0 Å². The molecule has 0 radical (unpaired) electrons. The predicted octanol–water partition coefficient (Wildman–Crippen LogP) is 16.3. The quantitative estimate of drug-likeness (QED) is 0.145. The van der Waals surface area contributed by atoms with E-state index in [0.29, 0.717) is 45.0 Å². The number of nitrogens with zero attached hydrogens (tertiary/aromatic N) is 4. The molecule has 4 nitrogen and oxygen atoms in total. The van der Waals surface area contributed by atoms with Crippen LogP contribution in [-0.2, 0) is 0 Å². The first-order valence-corrected chi connectivity index (χ1v) is 22.3. The number of para-hydroxylation sites is 2. The van der Waals surface area contributed by atoms with E-state index in [0.717, 1.165) is 72.3 Å². The molecule has 0 N–H and O–H groups in total. The maximum Gasteiger partial charge on any atom is 0.164 e. The fourth-order valence-electron chi connectivity index (χ4n) is 9.09. The van der Waals surface area contributed by atoms with Gasteiger partial charge >= 0.3 is 0 Å². The molecule has 12 rings (SSSR count). The lowest BCUT2D eigenvalue weighted by Crippen LogP contribution is -2.01. The Kier molecular flexibility index (Phi) is 9.07. The number of aromatic nitrogens is 4. The molecular formula is C63H42N4. The van der Waals surface area contributed by atoms with E-state index in [9.17, 15) is 2.74 Å². The normalized spacial score (nSPS) is 12.1. The number of fused-ring (bicyclic) bond motifs is 3. The lowest BCUT2D eigenvalue weighted by molar-refractivity contribution is 1.07. The van der Waals surface area contributed by atoms with E-state index >= 15 is 0 Å². The van der Waals surface area contributed by atoms with Crippen LogP contribution in [0.15, 0.2) is 255 Å². The van der Waals surface area contributed by atoms with Crippen LogP contribution in [0.4, 0.5) is 0 Å². The zero-order valence-electron chi connectivity index (χ0n) is 40.2. The highest BCUT2D eigenvalue weighted by Gasteiger charge is 2.20. The third kappa shape index (κ3) is 7.67. The molecule has 0 unspecified atom stereocenters. The summed E-state index contributed by atoms with van der Waals surface area (Å²) in [5, 5.41) is 1.16. The number of benzene rings is 10. The minimum Gasteiger partial charge on any atom is -0.309 e. The highest BCUT2D eigenvalue weighted by Crippen LogP contribution is 2.41. The van der Waals surface area contributed by atoms with Crippen LogP contribution in [0, 0.1) is 0 Å². The van der Waals surface area contributed by atoms with Crippen LogP contribution < -0.4 is 0 Å². The first-order chi connectivity index (χ1) is 34.9. The van der Waals surface area contributed by atoms with Gasteiger partial charge in [0.05, 0.1) is 16.5 Å². The second-order valence-corrected chi connectivity index (χ2v) is 16.5. The average molecular weight is 859 g/mol. The Bertz CT molecular complexity index is 3900. The minimum atomic E-state index is -0.301. The Morgan fingerprint density at radius 1 is 0.299 bits per heavy atom. The van der Waals surface area contributed by atoms with Gasteiger partial charge in [0.1, 0.15) is 0 Å². The molecular weight excluding hydrogens is 813 g/mol. The number of rotatable bonds is 9. The van der Waals surface area contributed by atoms with Gasteiger partial charge in [-0.15, -0.1) is 0 Å². The molecule has 12 aromatic rings. The third-order valence-electron chi connectivity index (χ3n) is 12.4. The summed E-state index contributed by atoms with van der Waals surface area (Å²) < 4.78 is 38.6. The summed E-state index contributed by atoms with van der Waals surface area (Å²) in [6.45, 7) is 0. The summed E-state index contributed by atoms with van der Waals surface area (Å²) in [6.07, 6.45) is 0. The van der Waals surface area contributed by atoms with E-state index in [1.807, 2.05) is 138 Å². The Labute approximate surface area is 395 Å². The topological polar surface area (TPSA) is 43.6 Å². The molecule has 0 amide bonds. The minimum absolute atomic E-state index is 0.0937. The van der Waals surface area contributed by atoms with Crippen LogP contribution >= 0.6 is 0 Å². The van der Waals surface area contributed by atoms with Crippen molar-refractivity contribution in [2.75, 3.05) is 0 Å². The van der Waals surface area contributed by atoms with Crippen molar-refractivity contribution < 1.29 is 5.48 Å². The molecule has 0 saturated heterocycles. The second kappa shape index (κ2) is 17.2. The van der Waals surface area contributed by atoms with Crippen molar-refractivity contribution >= 4 is 21.8 Å². The lowest BCUT2D eigenvalue weighted by atomic mass is 9.92. The smallest absolute Gasteiger partial charge is 0.164 e. The van der Waals surface area contributed by atoms with E-state index in [1.165, 1.54) is 0 Å². The SMILES string of the molecule is [2H]c1c([2H])c([2H])c2c(c1[2H])c1cccc(-c3cc(-c4ccccc4)cc(-c4ccccc4)c3)c1n2-c1cccc(-c2nc(-c3ccc(-c4ccccc4)cc3)nc(-c3cccc(-c4ccccc4)c3)n2)c1. The van der Waals surface area contributed by atoms with Gasteiger partial charge in [-0.05, 0) is 92.5 Å². The van der Waals surface area contributed by atoms with Gasteiger partial charge in [-0.1, -0.05) is 212 Å². The predicted molar refractivity (Wildman–Crippen MR) is 278 cm³/mol. The Morgan fingerprint density at radius 2 is 0.716 bits per heavy atom. The molecule has 0 bridgehead atoms. The standard InChI is InChI=1S/C63H42N4/c1-5-18-43(19-6-1)47-34-36-48(37-35-47)61-64-62(50-27-15-26-49(38-50)44-20-7-2-8-21-44)66-63(65-61)51-28-16-29-55(42-51)67-59-33-14-13-30-57(59)58-32-17-31-56(60(58)67)54-40-52(45-22-9-3-10-23-45)39-53(41-54)46-24-11-4-12-25-46/h1-42H/i13D,14D,30D,33D. The van der Waals surface area contributed by atoms with Crippen molar-refractivity contribution in [1.29, 1.82) is 0 Å². The van der Waals surface area contributed by atoms with Gasteiger partial charge in [0.15, 0.2) is 17.5 Å². The van der Waals surface area contributed by atoms with Crippen LogP contribution in [0.5, 0.6) is 0 Å². The van der Waals surface area contributed by atoms with Gasteiger partial charge < -0.3 is 4.57 Å². The summed E-state index contributed by atoms with van der Waals surface area (Å²) in [7, 11) is 0. The average Bonchev–Trinajstić information content (AvgIpc) is 3.81. The van der Waals surface area contributed by atoms with Crippen LogP contribution in [0.2, 0.25) is 0 Å². The molecule has 10 aromatic carbocycles. The van der Waals surface area contributed by atoms with Crippen molar-refractivity contribution in [3.63, 3.8) is 0 Å². The zero-order chi connectivity index (χ0) is 48.0. The van der Waals surface area contributed by atoms with Crippen LogP contribution in [0.3, 0.4) is 0 Å². The van der Waals surface area contributed by atoms with E-state index in [-0.39, 0.29) is 24.2 Å². The molecule has 314 valence electrons. The van der Waals surface area contributed by atoms with E-state index in [4.69, 9.17) is 17.7 Å². The van der Waals surface area contributed by atoms with Crippen LogP contribution in [0.25, 0.3) is 117 Å². The zero-order valence-corrected chi connectivity index (χ0v) is 36.2. The van der Waals surface area contributed by atoms with Crippen LogP contribution in [0.1, 0.15) is 5.48 Å². The molecule has 2 aromatic heterocycles. The largest absolute Gasteiger partial charge is 0.309 e. The summed E-state index contributed by atoms with van der Waals surface area (Å²) >= 11 is 0. The maximum absolute atomic E-state index is 9.49. The first kappa shape index (κ1) is 35.4. The Balaban J connectivity index is 1.08. The highest BCUT2D eigenvalue weighted by atomic mass is 15.0. The molecule has 0 aliphatic rings. The van der Waals surface area contributed by atoms with Crippen molar-refractivity contribution in [3.8, 4) is 95.5 Å². The lowest BCUT2D eigenvalue weighted by Gasteiger charge is -2.15. The van der Waals surface area contributed by atoms with Crippen molar-refractivity contribution in [3.05, 3.63) is 255 Å². The highest BCUT2D eigenvalue weighted by molar-refractivity contribution is 6.14. The molecule has 4 heteroatoms. The fourth-order valence-corrected chi connectivity index (χ4v) is 9.09. The van der Waals surface area contributed by atoms with Crippen molar-refractivity contribution in [2.24, 2.45) is 0 Å². The van der Waals surface area contributed by atoms with Crippen molar-refractivity contribution in [2.45, 2.75) is 0 Å². The summed E-state index contributed by atoms with van der Waals surface area (Å²) in [6, 6.07) is 77.4. The summed E-state index contributed by atoms with van der Waals surface area (Å²) in [4.78, 5) is 15.5. The van der Waals surface area contributed by atoms with Gasteiger partial charge in [-0.3, -0.25) is 0 Å². The summed E-state index contributed by atoms with van der Waals surface area (Å²) in [5.74, 6) is 1.48. The molecule has 2 heterocycles. The first-order valence-electron chi connectivity index (χ1n) is 24.3. The molecule has 0 saturated carbocycles. The van der Waals surface area contributed by atoms with Gasteiger partial charge in [0, 0.05) is 38.7 Å². The number of hydrogen-bond acceptors (Lipinski definition) is 3. The van der Waals surface area contributed by atoms with Gasteiger partial charge in [-0.25, -0.2) is 15.0 Å². The van der Waals surface area contributed by atoms with E-state index < -0.39 is 0 Å². The van der Waals surface area contributed by atoms with E-state index in [2.05, 4.69) is 97.1 Å². The molecule has 0 fully saturated rings. The molecule has 0 aliphatic carbocycles. The maximum atomic E-state index is 9.49. The fraction of sp³-hybridized carbons (Fsp3) is 0. The van der Waals surface area contributed by atoms with E-state index in [1.54, 1.807) is 0 Å². The van der Waals surface area contributed by atoms with Gasteiger partial charge in [0.2, 0.25) is 0 Å². The van der Waals surface area contributed by atoms with Gasteiger partial charge in [0.25, 0.3) is 0 Å².